The van der Waals surface area contributed by atoms with E-state index in [2.05, 4.69) is 30.7 Å². The Morgan fingerprint density at radius 2 is 1.62 bits per heavy atom. The normalized spacial score (nSPS) is 11.4. The molecule has 2 rings (SSSR count). The first-order valence-electron chi connectivity index (χ1n) is 6.37. The van der Waals surface area contributed by atoms with Crippen molar-refractivity contribution in [3.8, 4) is 11.4 Å². The van der Waals surface area contributed by atoms with E-state index in [-0.39, 0.29) is 11.2 Å². The molecular formula is C15H16N2O4. The van der Waals surface area contributed by atoms with E-state index in [0.29, 0.717) is 5.56 Å². The van der Waals surface area contributed by atoms with Gasteiger partial charge in [0.15, 0.2) is 11.4 Å². The van der Waals surface area contributed by atoms with Gasteiger partial charge in [-0.15, -0.1) is 0 Å². The molecule has 0 fully saturated rings. The van der Waals surface area contributed by atoms with Gasteiger partial charge in [0.05, 0.1) is 0 Å². The zero-order valence-electron chi connectivity index (χ0n) is 12.0. The van der Waals surface area contributed by atoms with Gasteiger partial charge in [-0.3, -0.25) is 0 Å². The molecule has 0 atom stereocenters. The van der Waals surface area contributed by atoms with Gasteiger partial charge in [0.25, 0.3) is 0 Å². The van der Waals surface area contributed by atoms with Crippen LogP contribution < -0.4 is 0 Å². The molecule has 0 spiro atoms. The van der Waals surface area contributed by atoms with Gasteiger partial charge in [-0.2, -0.15) is 0 Å². The van der Waals surface area contributed by atoms with Crippen LogP contribution in [-0.4, -0.2) is 32.1 Å². The highest BCUT2D eigenvalue weighted by Gasteiger charge is 2.22. The first kappa shape index (κ1) is 14.8. The van der Waals surface area contributed by atoms with Crippen LogP contribution in [0.4, 0.5) is 0 Å². The quantitative estimate of drug-likeness (QED) is 0.805. The maximum absolute atomic E-state index is 11.0. The summed E-state index contributed by atoms with van der Waals surface area (Å²) in [5.41, 5.74) is 0.850. The highest BCUT2D eigenvalue weighted by molar-refractivity contribution is 5.99. The molecule has 0 unspecified atom stereocenters. The summed E-state index contributed by atoms with van der Waals surface area (Å²) < 4.78 is 0. The summed E-state index contributed by atoms with van der Waals surface area (Å²) in [4.78, 5) is 28.4. The van der Waals surface area contributed by atoms with Crippen LogP contribution in [0, 0.1) is 0 Å². The zero-order valence-corrected chi connectivity index (χ0v) is 12.0. The lowest BCUT2D eigenvalue weighted by Crippen LogP contribution is -2.10. The second-order valence-corrected chi connectivity index (χ2v) is 5.75. The van der Waals surface area contributed by atoms with Gasteiger partial charge in [0, 0.05) is 5.56 Å². The second kappa shape index (κ2) is 5.05. The molecule has 6 nitrogen and oxygen atoms in total. The molecule has 0 saturated heterocycles. The summed E-state index contributed by atoms with van der Waals surface area (Å²) in [5.74, 6) is -2.50. The monoisotopic (exact) mass is 288 g/mol. The molecule has 6 heteroatoms. The van der Waals surface area contributed by atoms with Crippen molar-refractivity contribution in [1.82, 2.24) is 9.97 Å². The molecule has 3 N–H and O–H groups in total. The average molecular weight is 288 g/mol. The number of aromatic amines is 1. The van der Waals surface area contributed by atoms with Gasteiger partial charge in [-0.1, -0.05) is 45.0 Å². The van der Waals surface area contributed by atoms with E-state index in [1.54, 1.807) is 12.1 Å². The Hall–Kier alpha value is -2.63. The predicted octanol–water partition coefficient (Wildman–Crippen LogP) is 2.77. The van der Waals surface area contributed by atoms with Gasteiger partial charge in [0.1, 0.15) is 5.82 Å². The Bertz CT molecular complexity index is 662. The fourth-order valence-corrected chi connectivity index (χ4v) is 1.95. The summed E-state index contributed by atoms with van der Waals surface area (Å²) in [6.07, 6.45) is 0. The molecule has 21 heavy (non-hydrogen) atoms. The molecule has 2 aromatic rings. The van der Waals surface area contributed by atoms with E-state index < -0.39 is 23.3 Å². The molecule has 1 aromatic heterocycles. The topological polar surface area (TPSA) is 103 Å². The Balaban J connectivity index is 2.45. The van der Waals surface area contributed by atoms with Crippen LogP contribution >= 0.6 is 0 Å². The summed E-state index contributed by atoms with van der Waals surface area (Å²) in [6, 6.07) is 7.41. The van der Waals surface area contributed by atoms with Gasteiger partial charge in [-0.25, -0.2) is 14.6 Å². The SMILES string of the molecule is CC(C)(C)c1ccc(-c2nc(C(=O)O)c(C(=O)O)[nH]2)cc1. The van der Waals surface area contributed by atoms with E-state index >= 15 is 0 Å². The molecule has 1 aromatic carbocycles. The van der Waals surface area contributed by atoms with Crippen molar-refractivity contribution in [3.05, 3.63) is 41.2 Å². The van der Waals surface area contributed by atoms with E-state index in [0.717, 1.165) is 5.56 Å². The van der Waals surface area contributed by atoms with Gasteiger partial charge in [0.2, 0.25) is 0 Å². The molecule has 0 saturated carbocycles. The Morgan fingerprint density at radius 1 is 1.05 bits per heavy atom. The summed E-state index contributed by atoms with van der Waals surface area (Å²) in [6.45, 7) is 6.25. The number of hydrogen-bond acceptors (Lipinski definition) is 3. The summed E-state index contributed by atoms with van der Waals surface area (Å²) in [5, 5.41) is 18.0. The lowest BCUT2D eigenvalue weighted by molar-refractivity contribution is 0.0644. The fraction of sp³-hybridized carbons (Fsp3) is 0.267. The number of benzene rings is 1. The van der Waals surface area contributed by atoms with E-state index in [4.69, 9.17) is 10.2 Å². The Kier molecular flexibility index (Phi) is 3.55. The number of H-pyrrole nitrogens is 1. The van der Waals surface area contributed by atoms with Gasteiger partial charge >= 0.3 is 11.9 Å². The third kappa shape index (κ3) is 2.94. The molecule has 0 aliphatic carbocycles. The van der Waals surface area contributed by atoms with E-state index in [9.17, 15) is 9.59 Å². The average Bonchev–Trinajstić information content (AvgIpc) is 2.83. The summed E-state index contributed by atoms with van der Waals surface area (Å²) >= 11 is 0. The van der Waals surface area contributed by atoms with E-state index in [1.165, 1.54) is 0 Å². The molecule has 0 bridgehead atoms. The third-order valence-electron chi connectivity index (χ3n) is 3.14. The lowest BCUT2D eigenvalue weighted by atomic mass is 9.87. The maximum Gasteiger partial charge on any atom is 0.357 e. The number of imidazole rings is 1. The van der Waals surface area contributed by atoms with Crippen LogP contribution in [-0.2, 0) is 5.41 Å². The number of nitrogens with one attached hydrogen (secondary N) is 1. The van der Waals surface area contributed by atoms with Crippen LogP contribution in [0.15, 0.2) is 24.3 Å². The number of carboxylic acids is 2. The van der Waals surface area contributed by atoms with Crippen LogP contribution in [0.25, 0.3) is 11.4 Å². The third-order valence-corrected chi connectivity index (χ3v) is 3.14. The van der Waals surface area contributed by atoms with Crippen LogP contribution in [0.2, 0.25) is 0 Å². The first-order chi connectivity index (χ1) is 9.70. The van der Waals surface area contributed by atoms with Crippen molar-refractivity contribution >= 4 is 11.9 Å². The van der Waals surface area contributed by atoms with Gasteiger partial charge in [-0.05, 0) is 11.0 Å². The summed E-state index contributed by atoms with van der Waals surface area (Å²) in [7, 11) is 0. The highest BCUT2D eigenvalue weighted by atomic mass is 16.4. The van der Waals surface area contributed by atoms with Gasteiger partial charge < -0.3 is 15.2 Å². The van der Waals surface area contributed by atoms with E-state index in [1.807, 2.05) is 12.1 Å². The number of carboxylic acid groups (broad SMARTS) is 2. The highest BCUT2D eigenvalue weighted by Crippen LogP contribution is 2.25. The zero-order chi connectivity index (χ0) is 15.8. The van der Waals surface area contributed by atoms with Crippen LogP contribution in [0.1, 0.15) is 47.3 Å². The number of rotatable bonds is 3. The van der Waals surface area contributed by atoms with Crippen LogP contribution in [0.3, 0.4) is 0 Å². The lowest BCUT2D eigenvalue weighted by Gasteiger charge is -2.18. The molecule has 110 valence electrons. The predicted molar refractivity (Wildman–Crippen MR) is 76.6 cm³/mol. The van der Waals surface area contributed by atoms with Crippen molar-refractivity contribution in [2.45, 2.75) is 26.2 Å². The first-order valence-corrected chi connectivity index (χ1v) is 6.37. The second-order valence-electron chi connectivity index (χ2n) is 5.75. The minimum Gasteiger partial charge on any atom is -0.477 e. The number of nitrogens with zero attached hydrogens (tertiary/aromatic N) is 1. The van der Waals surface area contributed by atoms with Crippen molar-refractivity contribution in [2.24, 2.45) is 0 Å². The molecule has 0 aliphatic heterocycles. The molecular weight excluding hydrogens is 272 g/mol. The molecule has 1 heterocycles. The fourth-order valence-electron chi connectivity index (χ4n) is 1.95. The van der Waals surface area contributed by atoms with Crippen LogP contribution in [0.5, 0.6) is 0 Å². The van der Waals surface area contributed by atoms with Crippen molar-refractivity contribution in [1.29, 1.82) is 0 Å². The standard InChI is InChI=1S/C15H16N2O4/c1-15(2,3)9-6-4-8(5-7-9)12-16-10(13(18)19)11(17-12)14(20)21/h4-7H,1-3H3,(H,16,17)(H,18,19)(H,20,21). The molecule has 0 amide bonds. The largest absolute Gasteiger partial charge is 0.477 e. The minimum absolute atomic E-state index is 0.000143. The molecule has 0 radical (unpaired) electrons. The number of aromatic nitrogens is 2. The molecule has 0 aliphatic rings. The minimum atomic E-state index is -1.37. The Morgan fingerprint density at radius 3 is 2.00 bits per heavy atom. The smallest absolute Gasteiger partial charge is 0.357 e. The maximum atomic E-state index is 11.0. The van der Waals surface area contributed by atoms with Crippen molar-refractivity contribution in [2.75, 3.05) is 0 Å². The Labute approximate surface area is 121 Å². The number of hydrogen-bond donors (Lipinski definition) is 3. The van der Waals surface area contributed by atoms with Crippen molar-refractivity contribution < 1.29 is 19.8 Å². The number of carbonyl (C=O) groups is 2. The van der Waals surface area contributed by atoms with Crippen molar-refractivity contribution in [3.63, 3.8) is 0 Å². The number of aromatic carboxylic acids is 2.